The van der Waals surface area contributed by atoms with Crippen molar-refractivity contribution in [2.24, 2.45) is 0 Å². The number of ketones is 1. The van der Waals surface area contributed by atoms with E-state index in [1.165, 1.54) is 25.1 Å². The van der Waals surface area contributed by atoms with E-state index in [-0.39, 0.29) is 17.4 Å². The molecule has 0 aliphatic heterocycles. The summed E-state index contributed by atoms with van der Waals surface area (Å²) in [5, 5.41) is 2.33. The van der Waals surface area contributed by atoms with Gasteiger partial charge in [0.2, 0.25) is 5.91 Å². The molecule has 18 heavy (non-hydrogen) atoms. The number of rotatable bonds is 4. The van der Waals surface area contributed by atoms with Crippen LogP contribution >= 0.6 is 0 Å². The van der Waals surface area contributed by atoms with Gasteiger partial charge in [0, 0.05) is 38.9 Å². The normalized spacial score (nSPS) is 10.4. The van der Waals surface area contributed by atoms with Gasteiger partial charge in [-0.2, -0.15) is 0 Å². The summed E-state index contributed by atoms with van der Waals surface area (Å²) >= 11 is 0. The number of carbonyl (C=O) groups excluding carboxylic acids is 2. The van der Waals surface area contributed by atoms with Gasteiger partial charge in [-0.25, -0.2) is 4.39 Å². The van der Waals surface area contributed by atoms with Crippen molar-refractivity contribution in [3.8, 4) is 0 Å². The molecule has 0 saturated heterocycles. The molecular formula is C13H15FN2O2. The third-order valence-corrected chi connectivity index (χ3v) is 2.09. The van der Waals surface area contributed by atoms with Gasteiger partial charge in [-0.1, -0.05) is 0 Å². The van der Waals surface area contributed by atoms with Crippen molar-refractivity contribution >= 4 is 17.4 Å². The van der Waals surface area contributed by atoms with Gasteiger partial charge in [-0.05, 0) is 18.2 Å². The second-order valence-electron chi connectivity index (χ2n) is 4.02. The Kier molecular flexibility index (Phi) is 4.59. The lowest BCUT2D eigenvalue weighted by molar-refractivity contribution is -0.114. The van der Waals surface area contributed by atoms with Crippen LogP contribution in [-0.4, -0.2) is 30.7 Å². The molecule has 0 radical (unpaired) electrons. The lowest BCUT2D eigenvalue weighted by Crippen LogP contribution is -2.09. The van der Waals surface area contributed by atoms with Gasteiger partial charge in [-0.15, -0.1) is 0 Å². The summed E-state index contributed by atoms with van der Waals surface area (Å²) in [6, 6.07) is 3.85. The molecule has 1 amide bonds. The Hall–Kier alpha value is -2.17. The topological polar surface area (TPSA) is 49.4 Å². The molecule has 0 fully saturated rings. The van der Waals surface area contributed by atoms with Crippen LogP contribution in [0.3, 0.4) is 0 Å². The van der Waals surface area contributed by atoms with Crippen LogP contribution < -0.4 is 5.32 Å². The number of nitrogens with one attached hydrogen (secondary N) is 1. The number of halogens is 1. The monoisotopic (exact) mass is 250 g/mol. The van der Waals surface area contributed by atoms with E-state index in [1.807, 2.05) is 0 Å². The molecule has 0 aliphatic carbocycles. The smallest absolute Gasteiger partial charge is 0.221 e. The zero-order valence-electron chi connectivity index (χ0n) is 10.5. The summed E-state index contributed by atoms with van der Waals surface area (Å²) in [4.78, 5) is 24.3. The minimum Gasteiger partial charge on any atom is -0.383 e. The number of allylic oxidation sites excluding steroid dienone is 1. The predicted octanol–water partition coefficient (Wildman–Crippen LogP) is 2.04. The molecule has 1 N–H and O–H groups in total. The summed E-state index contributed by atoms with van der Waals surface area (Å²) in [5.74, 6) is -1.21. The standard InChI is InChI=1S/C13H15FN2O2/c1-9(17)15-12-8-10(4-5-11(12)14)13(18)6-7-16(2)3/h4-8H,1-3H3,(H,15,17)/b7-6+. The number of carbonyl (C=O) groups is 2. The zero-order valence-corrected chi connectivity index (χ0v) is 10.5. The molecule has 96 valence electrons. The van der Waals surface area contributed by atoms with Crippen molar-refractivity contribution in [1.82, 2.24) is 4.90 Å². The quantitative estimate of drug-likeness (QED) is 0.657. The molecular weight excluding hydrogens is 235 g/mol. The number of hydrogen-bond acceptors (Lipinski definition) is 3. The fourth-order valence-electron chi connectivity index (χ4n) is 1.28. The third-order valence-electron chi connectivity index (χ3n) is 2.09. The molecule has 1 aromatic rings. The molecule has 5 heteroatoms. The maximum absolute atomic E-state index is 13.4. The zero-order chi connectivity index (χ0) is 13.7. The van der Waals surface area contributed by atoms with Gasteiger partial charge < -0.3 is 10.2 Å². The molecule has 0 heterocycles. The van der Waals surface area contributed by atoms with Crippen molar-refractivity contribution in [3.63, 3.8) is 0 Å². The highest BCUT2D eigenvalue weighted by molar-refractivity contribution is 6.05. The Bertz CT molecular complexity index is 496. The molecule has 0 aliphatic rings. The molecule has 0 atom stereocenters. The van der Waals surface area contributed by atoms with Crippen LogP contribution in [0.4, 0.5) is 10.1 Å². The molecule has 1 aromatic carbocycles. The maximum atomic E-state index is 13.4. The highest BCUT2D eigenvalue weighted by atomic mass is 19.1. The lowest BCUT2D eigenvalue weighted by atomic mass is 10.1. The third kappa shape index (κ3) is 4.01. The first-order valence-corrected chi connectivity index (χ1v) is 5.36. The summed E-state index contributed by atoms with van der Waals surface area (Å²) in [5.41, 5.74) is 0.324. The largest absolute Gasteiger partial charge is 0.383 e. The van der Waals surface area contributed by atoms with Gasteiger partial charge in [-0.3, -0.25) is 9.59 Å². The summed E-state index contributed by atoms with van der Waals surface area (Å²) in [6.45, 7) is 1.28. The number of amides is 1. The van der Waals surface area contributed by atoms with E-state index in [9.17, 15) is 14.0 Å². The Morgan fingerprint density at radius 2 is 2.00 bits per heavy atom. The van der Waals surface area contributed by atoms with Crippen LogP contribution in [0.5, 0.6) is 0 Å². The fraction of sp³-hybridized carbons (Fsp3) is 0.231. The second kappa shape index (κ2) is 5.95. The predicted molar refractivity (Wildman–Crippen MR) is 67.9 cm³/mol. The van der Waals surface area contributed by atoms with Crippen molar-refractivity contribution in [2.75, 3.05) is 19.4 Å². The van der Waals surface area contributed by atoms with Crippen LogP contribution in [0.2, 0.25) is 0 Å². The van der Waals surface area contributed by atoms with Gasteiger partial charge in [0.25, 0.3) is 0 Å². The van der Waals surface area contributed by atoms with Crippen molar-refractivity contribution in [1.29, 1.82) is 0 Å². The highest BCUT2D eigenvalue weighted by Gasteiger charge is 2.08. The highest BCUT2D eigenvalue weighted by Crippen LogP contribution is 2.16. The molecule has 0 aromatic heterocycles. The van der Waals surface area contributed by atoms with E-state index in [0.717, 1.165) is 6.07 Å². The maximum Gasteiger partial charge on any atom is 0.221 e. The van der Waals surface area contributed by atoms with E-state index >= 15 is 0 Å². The van der Waals surface area contributed by atoms with E-state index in [2.05, 4.69) is 5.32 Å². The Morgan fingerprint density at radius 3 is 2.56 bits per heavy atom. The summed E-state index contributed by atoms with van der Waals surface area (Å²) < 4.78 is 13.4. The van der Waals surface area contributed by atoms with Gasteiger partial charge in [0.05, 0.1) is 5.69 Å². The van der Waals surface area contributed by atoms with Crippen LogP contribution in [0.1, 0.15) is 17.3 Å². The van der Waals surface area contributed by atoms with Gasteiger partial charge in [0.1, 0.15) is 5.82 Å². The Balaban J connectivity index is 2.97. The molecule has 4 nitrogen and oxygen atoms in total. The van der Waals surface area contributed by atoms with Crippen molar-refractivity contribution < 1.29 is 14.0 Å². The Labute approximate surface area is 105 Å². The summed E-state index contributed by atoms with van der Waals surface area (Å²) in [6.07, 6.45) is 2.98. The van der Waals surface area contributed by atoms with Crippen LogP contribution in [0.25, 0.3) is 0 Å². The van der Waals surface area contributed by atoms with E-state index in [4.69, 9.17) is 0 Å². The Morgan fingerprint density at radius 1 is 1.33 bits per heavy atom. The molecule has 0 saturated carbocycles. The first kappa shape index (κ1) is 13.9. The van der Waals surface area contributed by atoms with E-state index < -0.39 is 5.82 Å². The average molecular weight is 250 g/mol. The van der Waals surface area contributed by atoms with Crippen LogP contribution in [-0.2, 0) is 4.79 Å². The van der Waals surface area contributed by atoms with Crippen LogP contribution in [0.15, 0.2) is 30.5 Å². The molecule has 0 unspecified atom stereocenters. The second-order valence-corrected chi connectivity index (χ2v) is 4.02. The van der Waals surface area contributed by atoms with Gasteiger partial charge in [0.15, 0.2) is 5.78 Å². The lowest BCUT2D eigenvalue weighted by Gasteiger charge is -2.06. The summed E-state index contributed by atoms with van der Waals surface area (Å²) in [7, 11) is 3.58. The average Bonchev–Trinajstić information content (AvgIpc) is 2.28. The number of benzene rings is 1. The number of anilines is 1. The van der Waals surface area contributed by atoms with Crippen molar-refractivity contribution in [2.45, 2.75) is 6.92 Å². The molecule has 1 rings (SSSR count). The minimum atomic E-state index is -0.571. The van der Waals surface area contributed by atoms with Crippen LogP contribution in [0, 0.1) is 5.82 Å². The SMILES string of the molecule is CC(=O)Nc1cc(C(=O)/C=C/N(C)C)ccc1F. The molecule has 0 spiro atoms. The molecule has 0 bridgehead atoms. The number of nitrogens with zero attached hydrogens (tertiary/aromatic N) is 1. The minimum absolute atomic E-state index is 0.00611. The van der Waals surface area contributed by atoms with Crippen molar-refractivity contribution in [3.05, 3.63) is 41.9 Å². The van der Waals surface area contributed by atoms with E-state index in [1.54, 1.807) is 25.2 Å². The van der Waals surface area contributed by atoms with E-state index in [0.29, 0.717) is 5.56 Å². The van der Waals surface area contributed by atoms with Gasteiger partial charge >= 0.3 is 0 Å². The fourth-order valence-corrected chi connectivity index (χ4v) is 1.28. The first-order chi connectivity index (χ1) is 8.40. The number of hydrogen-bond donors (Lipinski definition) is 1. The first-order valence-electron chi connectivity index (χ1n) is 5.36.